The topological polar surface area (TPSA) is 64.7 Å². The molecule has 0 aliphatic heterocycles. The Balaban J connectivity index is 1.38. The van der Waals surface area contributed by atoms with Crippen molar-refractivity contribution in [2.75, 3.05) is 5.75 Å². The maximum absolute atomic E-state index is 12.3. The van der Waals surface area contributed by atoms with Gasteiger partial charge in [0.05, 0.1) is 29.0 Å². The molecule has 0 spiro atoms. The molecule has 4 aromatic rings. The largest absolute Gasteiger partial charge is 0.348 e. The van der Waals surface area contributed by atoms with Gasteiger partial charge in [-0.2, -0.15) is 0 Å². The third kappa shape index (κ3) is 3.66. The average Bonchev–Trinajstić information content (AvgIpc) is 3.30. The highest BCUT2D eigenvalue weighted by molar-refractivity contribution is 7.99. The van der Waals surface area contributed by atoms with Crippen LogP contribution in [-0.4, -0.2) is 30.8 Å². The van der Waals surface area contributed by atoms with Gasteiger partial charge >= 0.3 is 0 Å². The molecular formula is C21H21N5OS. The third-order valence-corrected chi connectivity index (χ3v) is 5.60. The van der Waals surface area contributed by atoms with E-state index < -0.39 is 0 Å². The van der Waals surface area contributed by atoms with Gasteiger partial charge < -0.3 is 9.88 Å². The Kier molecular flexibility index (Phi) is 5.16. The van der Waals surface area contributed by atoms with Crippen LogP contribution in [0.1, 0.15) is 11.4 Å². The first-order chi connectivity index (χ1) is 13.6. The number of nitrogens with zero attached hydrogens (tertiary/aromatic N) is 4. The normalized spacial score (nSPS) is 11.1. The molecule has 0 aliphatic carbocycles. The maximum atomic E-state index is 12.3. The lowest BCUT2D eigenvalue weighted by atomic mass is 10.2. The van der Waals surface area contributed by atoms with Crippen molar-refractivity contribution in [1.29, 1.82) is 0 Å². The molecule has 0 aliphatic rings. The predicted molar refractivity (Wildman–Crippen MR) is 112 cm³/mol. The summed E-state index contributed by atoms with van der Waals surface area (Å²) in [4.78, 5) is 21.3. The summed E-state index contributed by atoms with van der Waals surface area (Å²) in [5, 5.41) is 3.75. The lowest BCUT2D eigenvalue weighted by Crippen LogP contribution is -2.26. The van der Waals surface area contributed by atoms with E-state index in [-0.39, 0.29) is 5.91 Å². The van der Waals surface area contributed by atoms with E-state index in [1.165, 1.54) is 11.8 Å². The van der Waals surface area contributed by atoms with Crippen LogP contribution < -0.4 is 5.32 Å². The summed E-state index contributed by atoms with van der Waals surface area (Å²) in [6.45, 7) is 2.46. The van der Waals surface area contributed by atoms with Crippen LogP contribution in [0.2, 0.25) is 0 Å². The Morgan fingerprint density at radius 2 is 1.93 bits per heavy atom. The zero-order chi connectivity index (χ0) is 19.5. The molecule has 28 heavy (non-hydrogen) atoms. The molecule has 2 aromatic carbocycles. The number of hydrogen-bond donors (Lipinski definition) is 1. The molecule has 6 nitrogen and oxygen atoms in total. The molecule has 0 saturated heterocycles. The van der Waals surface area contributed by atoms with Crippen LogP contribution in [0, 0.1) is 6.92 Å². The highest BCUT2D eigenvalue weighted by Gasteiger charge is 2.12. The molecule has 0 unspecified atom stereocenters. The monoisotopic (exact) mass is 391 g/mol. The smallest absolute Gasteiger partial charge is 0.230 e. The lowest BCUT2D eigenvalue weighted by molar-refractivity contribution is -0.118. The van der Waals surface area contributed by atoms with E-state index in [4.69, 9.17) is 0 Å². The van der Waals surface area contributed by atoms with E-state index in [1.807, 2.05) is 64.8 Å². The first-order valence-electron chi connectivity index (χ1n) is 9.02. The second-order valence-electron chi connectivity index (χ2n) is 6.51. The van der Waals surface area contributed by atoms with Crippen LogP contribution in [0.15, 0.2) is 66.1 Å². The van der Waals surface area contributed by atoms with Crippen molar-refractivity contribution in [3.63, 3.8) is 0 Å². The van der Waals surface area contributed by atoms with Gasteiger partial charge in [0.2, 0.25) is 5.91 Å². The van der Waals surface area contributed by atoms with Gasteiger partial charge in [0.15, 0.2) is 5.16 Å². The first kappa shape index (κ1) is 18.3. The summed E-state index contributed by atoms with van der Waals surface area (Å²) in [7, 11) is 1.96. The molecule has 2 heterocycles. The van der Waals surface area contributed by atoms with Crippen molar-refractivity contribution >= 4 is 28.7 Å². The minimum Gasteiger partial charge on any atom is -0.348 e. The summed E-state index contributed by atoms with van der Waals surface area (Å²) in [5.74, 6) is 1.09. The van der Waals surface area contributed by atoms with Gasteiger partial charge in [-0.05, 0) is 30.7 Å². The SMILES string of the molecule is Cc1ccccc1-n1ccnc1SCC(=O)NCc1nc2ccccc2n1C. The van der Waals surface area contributed by atoms with Gasteiger partial charge in [0.25, 0.3) is 0 Å². The second-order valence-corrected chi connectivity index (χ2v) is 7.45. The number of nitrogens with one attached hydrogen (secondary N) is 1. The van der Waals surface area contributed by atoms with Gasteiger partial charge in [-0.15, -0.1) is 0 Å². The van der Waals surface area contributed by atoms with Crippen LogP contribution in [0.3, 0.4) is 0 Å². The standard InChI is InChI=1S/C21H21N5OS/c1-15-7-3-5-9-17(15)26-12-11-22-21(26)28-14-20(27)23-13-19-24-16-8-4-6-10-18(16)25(19)2/h3-12H,13-14H2,1-2H3,(H,23,27). The molecule has 0 radical (unpaired) electrons. The number of fused-ring (bicyclic) bond motifs is 1. The minimum absolute atomic E-state index is 0.0450. The van der Waals surface area contributed by atoms with Crippen molar-refractivity contribution in [3.8, 4) is 5.69 Å². The number of carbonyl (C=O) groups excluding carboxylic acids is 1. The highest BCUT2D eigenvalue weighted by Crippen LogP contribution is 2.22. The van der Waals surface area contributed by atoms with E-state index in [0.717, 1.165) is 33.3 Å². The van der Waals surface area contributed by atoms with Crippen LogP contribution in [0.4, 0.5) is 0 Å². The molecule has 1 amide bonds. The van der Waals surface area contributed by atoms with Gasteiger partial charge in [0.1, 0.15) is 5.82 Å². The summed E-state index contributed by atoms with van der Waals surface area (Å²) in [6, 6.07) is 16.1. The number of hydrogen-bond acceptors (Lipinski definition) is 4. The molecule has 142 valence electrons. The van der Waals surface area contributed by atoms with Crippen molar-refractivity contribution in [2.45, 2.75) is 18.6 Å². The number of aryl methyl sites for hydroxylation is 2. The lowest BCUT2D eigenvalue weighted by Gasteiger charge is -2.10. The van der Waals surface area contributed by atoms with E-state index in [2.05, 4.69) is 28.3 Å². The fraction of sp³-hybridized carbons (Fsp3) is 0.190. The molecule has 1 N–H and O–H groups in total. The second kappa shape index (κ2) is 7.90. The number of carbonyl (C=O) groups is 1. The Bertz CT molecular complexity index is 1130. The zero-order valence-corrected chi connectivity index (χ0v) is 16.6. The van der Waals surface area contributed by atoms with Crippen LogP contribution in [0.5, 0.6) is 0 Å². The number of thioether (sulfide) groups is 1. The fourth-order valence-electron chi connectivity index (χ4n) is 3.13. The molecule has 0 bridgehead atoms. The Labute approximate surface area is 167 Å². The van der Waals surface area contributed by atoms with Crippen molar-refractivity contribution in [3.05, 3.63) is 72.3 Å². The molecule has 0 atom stereocenters. The van der Waals surface area contributed by atoms with E-state index in [1.54, 1.807) is 6.20 Å². The van der Waals surface area contributed by atoms with Crippen LogP contribution in [-0.2, 0) is 18.4 Å². The quantitative estimate of drug-likeness (QED) is 0.511. The summed E-state index contributed by atoms with van der Waals surface area (Å²) >= 11 is 1.42. The molecule has 7 heteroatoms. The number of para-hydroxylation sites is 3. The summed E-state index contributed by atoms with van der Waals surface area (Å²) in [6.07, 6.45) is 3.67. The van der Waals surface area contributed by atoms with E-state index in [9.17, 15) is 4.79 Å². The molecule has 2 aromatic heterocycles. The van der Waals surface area contributed by atoms with E-state index in [0.29, 0.717) is 12.3 Å². The Morgan fingerprint density at radius 1 is 1.14 bits per heavy atom. The van der Waals surface area contributed by atoms with Crippen LogP contribution in [0.25, 0.3) is 16.7 Å². The Hall–Kier alpha value is -3.06. The molecule has 0 fully saturated rings. The van der Waals surface area contributed by atoms with Gasteiger partial charge in [0, 0.05) is 19.4 Å². The maximum Gasteiger partial charge on any atom is 0.230 e. The van der Waals surface area contributed by atoms with Crippen molar-refractivity contribution < 1.29 is 4.79 Å². The molecule has 0 saturated carbocycles. The van der Waals surface area contributed by atoms with E-state index >= 15 is 0 Å². The predicted octanol–water partition coefficient (Wildman–Crippen LogP) is 3.48. The van der Waals surface area contributed by atoms with Gasteiger partial charge in [-0.3, -0.25) is 9.36 Å². The van der Waals surface area contributed by atoms with Crippen molar-refractivity contribution in [2.24, 2.45) is 7.05 Å². The highest BCUT2D eigenvalue weighted by atomic mass is 32.2. The third-order valence-electron chi connectivity index (χ3n) is 4.64. The number of imidazole rings is 2. The Morgan fingerprint density at radius 3 is 2.75 bits per heavy atom. The average molecular weight is 392 g/mol. The van der Waals surface area contributed by atoms with Crippen LogP contribution >= 0.6 is 11.8 Å². The van der Waals surface area contributed by atoms with Gasteiger partial charge in [-0.25, -0.2) is 9.97 Å². The first-order valence-corrected chi connectivity index (χ1v) is 10.0. The number of amides is 1. The number of aromatic nitrogens is 4. The molecule has 4 rings (SSSR count). The minimum atomic E-state index is -0.0450. The number of benzene rings is 2. The zero-order valence-electron chi connectivity index (χ0n) is 15.8. The summed E-state index contributed by atoms with van der Waals surface area (Å²) in [5.41, 5.74) is 4.22. The molecular weight excluding hydrogens is 370 g/mol. The fourth-order valence-corrected chi connectivity index (χ4v) is 3.92. The number of rotatable bonds is 6. The van der Waals surface area contributed by atoms with Gasteiger partial charge in [-0.1, -0.05) is 42.1 Å². The van der Waals surface area contributed by atoms with Crippen molar-refractivity contribution in [1.82, 2.24) is 24.4 Å². The summed E-state index contributed by atoms with van der Waals surface area (Å²) < 4.78 is 4.02.